The first-order valence-corrected chi connectivity index (χ1v) is 3.04. The van der Waals surface area contributed by atoms with E-state index in [1.807, 2.05) is 6.07 Å². The van der Waals surface area contributed by atoms with Gasteiger partial charge in [-0.25, -0.2) is 0 Å². The largest absolute Gasteiger partial charge is 0.383 e. The minimum absolute atomic E-state index is 0. The van der Waals surface area contributed by atoms with E-state index in [0.29, 0.717) is 11.5 Å². The predicted octanol–water partition coefficient (Wildman–Crippen LogP) is 0.0594. The summed E-state index contributed by atoms with van der Waals surface area (Å²) < 4.78 is 0. The molecule has 6 heteroatoms. The van der Waals surface area contributed by atoms with Gasteiger partial charge in [0, 0.05) is 32.7 Å². The van der Waals surface area contributed by atoms with Crippen LogP contribution in [-0.4, -0.2) is 25.6 Å². The molecule has 2 aromatic rings. The van der Waals surface area contributed by atoms with Crippen molar-refractivity contribution in [3.05, 3.63) is 24.4 Å². The maximum absolute atomic E-state index is 3.91. The SMILES string of the molecule is [Y].[c-]1cccc(-c2nn[nH]n2)n1. The zero-order valence-corrected chi connectivity index (χ0v) is 8.94. The van der Waals surface area contributed by atoms with Crippen molar-refractivity contribution in [2.24, 2.45) is 0 Å². The zero-order valence-electron chi connectivity index (χ0n) is 6.10. The average Bonchev–Trinajstić information content (AvgIpc) is 2.58. The number of aromatic nitrogens is 5. The van der Waals surface area contributed by atoms with Crippen molar-refractivity contribution in [3.63, 3.8) is 0 Å². The third-order valence-electron chi connectivity index (χ3n) is 1.18. The number of hydrogen-bond acceptors (Lipinski definition) is 4. The minimum atomic E-state index is 0. The van der Waals surface area contributed by atoms with Crippen LogP contribution < -0.4 is 0 Å². The standard InChI is InChI=1S/C6H4N5.Y/c1-2-4-7-5(3-1)6-8-10-11-9-6;/h1-3H,(H,8,9,10,11);/q-1;. The zero-order chi connectivity index (χ0) is 7.52. The number of aromatic amines is 1. The van der Waals surface area contributed by atoms with Crippen molar-refractivity contribution < 1.29 is 32.7 Å². The van der Waals surface area contributed by atoms with E-state index in [-0.39, 0.29) is 32.7 Å². The van der Waals surface area contributed by atoms with E-state index in [1.54, 1.807) is 12.1 Å². The molecule has 0 saturated heterocycles. The summed E-state index contributed by atoms with van der Waals surface area (Å²) in [5, 5.41) is 13.3. The van der Waals surface area contributed by atoms with Gasteiger partial charge < -0.3 is 4.98 Å². The normalized spacial score (nSPS) is 9.00. The topological polar surface area (TPSA) is 67.3 Å². The average molecular weight is 235 g/mol. The Bertz CT molecular complexity index is 319. The molecular weight excluding hydrogens is 231 g/mol. The van der Waals surface area contributed by atoms with Crippen LogP contribution in [0.1, 0.15) is 0 Å². The third kappa shape index (κ3) is 1.92. The van der Waals surface area contributed by atoms with Crippen molar-refractivity contribution in [1.29, 1.82) is 0 Å². The Labute approximate surface area is 93.9 Å². The number of H-pyrrole nitrogens is 1. The molecule has 0 saturated carbocycles. The molecule has 0 aliphatic heterocycles. The van der Waals surface area contributed by atoms with Gasteiger partial charge in [0.25, 0.3) is 0 Å². The summed E-state index contributed by atoms with van der Waals surface area (Å²) >= 11 is 0. The molecule has 0 amide bonds. The molecule has 1 N–H and O–H groups in total. The summed E-state index contributed by atoms with van der Waals surface area (Å²) in [6, 6.07) is 5.32. The summed E-state index contributed by atoms with van der Waals surface area (Å²) in [5.74, 6) is 0.488. The van der Waals surface area contributed by atoms with Gasteiger partial charge in [-0.15, -0.1) is 16.3 Å². The Morgan fingerprint density at radius 1 is 1.42 bits per heavy atom. The van der Waals surface area contributed by atoms with Crippen LogP contribution in [0.3, 0.4) is 0 Å². The first-order valence-electron chi connectivity index (χ1n) is 3.04. The Morgan fingerprint density at radius 2 is 2.33 bits per heavy atom. The van der Waals surface area contributed by atoms with Crippen LogP contribution >= 0.6 is 0 Å². The molecule has 0 bridgehead atoms. The molecule has 0 unspecified atom stereocenters. The smallest absolute Gasteiger partial charge is 0.168 e. The quantitative estimate of drug-likeness (QED) is 0.709. The fourth-order valence-electron chi connectivity index (χ4n) is 0.721. The van der Waals surface area contributed by atoms with E-state index >= 15 is 0 Å². The molecule has 1 radical (unpaired) electrons. The molecule has 0 aliphatic rings. The Morgan fingerprint density at radius 3 is 2.92 bits per heavy atom. The maximum Gasteiger partial charge on any atom is 0.168 e. The van der Waals surface area contributed by atoms with Crippen LogP contribution in [0.4, 0.5) is 0 Å². The van der Waals surface area contributed by atoms with Crippen LogP contribution in [0.5, 0.6) is 0 Å². The van der Waals surface area contributed by atoms with Crippen LogP contribution in [0.15, 0.2) is 18.2 Å². The minimum Gasteiger partial charge on any atom is -0.383 e. The van der Waals surface area contributed by atoms with Gasteiger partial charge in [0.1, 0.15) is 0 Å². The van der Waals surface area contributed by atoms with E-state index < -0.39 is 0 Å². The number of pyridine rings is 1. The molecule has 2 rings (SSSR count). The molecule has 57 valence electrons. The Hall–Kier alpha value is -0.676. The van der Waals surface area contributed by atoms with Crippen LogP contribution in [0, 0.1) is 6.20 Å². The van der Waals surface area contributed by atoms with Crippen LogP contribution in [0.25, 0.3) is 11.5 Å². The van der Waals surface area contributed by atoms with Crippen molar-refractivity contribution in [3.8, 4) is 11.5 Å². The van der Waals surface area contributed by atoms with Crippen molar-refractivity contribution >= 4 is 0 Å². The summed E-state index contributed by atoms with van der Waals surface area (Å²) in [5.41, 5.74) is 0.668. The molecule has 0 spiro atoms. The second-order valence-corrected chi connectivity index (χ2v) is 1.89. The van der Waals surface area contributed by atoms with E-state index in [4.69, 9.17) is 0 Å². The van der Waals surface area contributed by atoms with Gasteiger partial charge in [0.05, 0.1) is 0 Å². The first-order chi connectivity index (χ1) is 5.47. The van der Waals surface area contributed by atoms with Gasteiger partial charge in [-0.1, -0.05) is 11.4 Å². The van der Waals surface area contributed by atoms with Crippen LogP contribution in [0.2, 0.25) is 0 Å². The molecular formula is C6H4N5Y-. The van der Waals surface area contributed by atoms with Crippen molar-refractivity contribution in [2.45, 2.75) is 0 Å². The molecule has 0 atom stereocenters. The van der Waals surface area contributed by atoms with Gasteiger partial charge in [-0.05, 0) is 5.69 Å². The van der Waals surface area contributed by atoms with E-state index in [2.05, 4.69) is 31.8 Å². The van der Waals surface area contributed by atoms with Crippen molar-refractivity contribution in [1.82, 2.24) is 25.6 Å². The Kier molecular flexibility index (Phi) is 3.43. The fraction of sp³-hybridized carbons (Fsp3) is 0. The van der Waals surface area contributed by atoms with Gasteiger partial charge in [-0.3, -0.25) is 0 Å². The van der Waals surface area contributed by atoms with Crippen LogP contribution in [-0.2, 0) is 32.7 Å². The third-order valence-corrected chi connectivity index (χ3v) is 1.18. The summed E-state index contributed by atoms with van der Waals surface area (Å²) in [6.07, 6.45) is 2.68. The van der Waals surface area contributed by atoms with Gasteiger partial charge in [0.15, 0.2) is 5.82 Å². The second kappa shape index (κ2) is 4.37. The number of tetrazole rings is 1. The molecule has 0 fully saturated rings. The number of hydrogen-bond donors (Lipinski definition) is 1. The Balaban J connectivity index is 0.000000720. The fourth-order valence-corrected chi connectivity index (χ4v) is 0.721. The molecule has 2 heterocycles. The predicted molar refractivity (Wildman–Crippen MR) is 36.2 cm³/mol. The number of nitrogens with zero attached hydrogens (tertiary/aromatic N) is 4. The summed E-state index contributed by atoms with van der Waals surface area (Å²) in [4.78, 5) is 3.91. The maximum atomic E-state index is 3.91. The molecule has 0 aliphatic carbocycles. The molecule has 5 nitrogen and oxygen atoms in total. The molecule has 2 aromatic heterocycles. The summed E-state index contributed by atoms with van der Waals surface area (Å²) in [6.45, 7) is 0. The van der Waals surface area contributed by atoms with E-state index in [0.717, 1.165) is 0 Å². The summed E-state index contributed by atoms with van der Waals surface area (Å²) in [7, 11) is 0. The second-order valence-electron chi connectivity index (χ2n) is 1.89. The number of rotatable bonds is 1. The van der Waals surface area contributed by atoms with Crippen molar-refractivity contribution in [2.75, 3.05) is 0 Å². The number of nitrogens with one attached hydrogen (secondary N) is 1. The van der Waals surface area contributed by atoms with Gasteiger partial charge >= 0.3 is 0 Å². The van der Waals surface area contributed by atoms with E-state index in [9.17, 15) is 0 Å². The van der Waals surface area contributed by atoms with Gasteiger partial charge in [0.2, 0.25) is 0 Å². The van der Waals surface area contributed by atoms with E-state index in [1.165, 1.54) is 0 Å². The molecule has 12 heavy (non-hydrogen) atoms. The monoisotopic (exact) mass is 235 g/mol. The first kappa shape index (κ1) is 9.41. The molecule has 0 aromatic carbocycles. The van der Waals surface area contributed by atoms with Gasteiger partial charge in [-0.2, -0.15) is 17.3 Å².